The first-order valence-corrected chi connectivity index (χ1v) is 6.36. The van der Waals surface area contributed by atoms with Gasteiger partial charge in [0.15, 0.2) is 0 Å². The van der Waals surface area contributed by atoms with Gasteiger partial charge in [-0.2, -0.15) is 0 Å². The molecule has 2 aliphatic heterocycles. The first-order chi connectivity index (χ1) is 9.08. The molecule has 0 aromatic rings. The highest BCUT2D eigenvalue weighted by molar-refractivity contribution is 6.04. The van der Waals surface area contributed by atoms with Crippen LogP contribution in [0, 0.1) is 5.92 Å². The second-order valence-electron chi connectivity index (χ2n) is 5.12. The zero-order valence-corrected chi connectivity index (χ0v) is 10.3. The number of nitrogens with two attached hydrogens (primary N) is 1. The molecule has 3 unspecified atom stereocenters. The minimum atomic E-state index is -0.552. The SMILES string of the molecule is NC1C=CC=C2C(=O)N(C3CCC(=O)NC3=O)CC21. The van der Waals surface area contributed by atoms with Crippen LogP contribution in [0.15, 0.2) is 23.8 Å². The van der Waals surface area contributed by atoms with E-state index >= 15 is 0 Å². The number of hydrogen-bond donors (Lipinski definition) is 2. The van der Waals surface area contributed by atoms with Gasteiger partial charge in [-0.05, 0) is 6.42 Å². The van der Waals surface area contributed by atoms with Crippen molar-refractivity contribution in [3.63, 3.8) is 0 Å². The van der Waals surface area contributed by atoms with E-state index < -0.39 is 6.04 Å². The first kappa shape index (κ1) is 12.1. The van der Waals surface area contributed by atoms with E-state index in [0.29, 0.717) is 18.5 Å². The lowest BCUT2D eigenvalue weighted by atomic mass is 9.90. The number of allylic oxidation sites excluding steroid dienone is 2. The Kier molecular flexibility index (Phi) is 2.74. The second kappa shape index (κ2) is 4.31. The topological polar surface area (TPSA) is 92.5 Å². The molecule has 3 aliphatic rings. The first-order valence-electron chi connectivity index (χ1n) is 6.36. The van der Waals surface area contributed by atoms with E-state index in [1.54, 1.807) is 17.1 Å². The van der Waals surface area contributed by atoms with Gasteiger partial charge in [-0.1, -0.05) is 18.2 Å². The molecule has 0 radical (unpaired) electrons. The third-order valence-electron chi connectivity index (χ3n) is 3.96. The lowest BCUT2D eigenvalue weighted by molar-refractivity contribution is -0.142. The summed E-state index contributed by atoms with van der Waals surface area (Å²) < 4.78 is 0. The maximum atomic E-state index is 12.3. The summed E-state index contributed by atoms with van der Waals surface area (Å²) in [6.45, 7) is 0.447. The molecule has 3 rings (SSSR count). The number of nitrogens with one attached hydrogen (secondary N) is 1. The number of likely N-dealkylation sites (tertiary alicyclic amines) is 1. The molecule has 100 valence electrons. The quantitative estimate of drug-likeness (QED) is 0.597. The van der Waals surface area contributed by atoms with E-state index in [4.69, 9.17) is 5.73 Å². The molecule has 3 amide bonds. The third-order valence-corrected chi connectivity index (χ3v) is 3.96. The van der Waals surface area contributed by atoms with Crippen molar-refractivity contribution < 1.29 is 14.4 Å². The van der Waals surface area contributed by atoms with E-state index in [1.807, 2.05) is 6.08 Å². The Bertz CT molecular complexity index is 523. The summed E-state index contributed by atoms with van der Waals surface area (Å²) in [5.41, 5.74) is 6.64. The molecule has 3 N–H and O–H groups in total. The number of amides is 3. The van der Waals surface area contributed by atoms with Gasteiger partial charge in [-0.25, -0.2) is 0 Å². The molecule has 2 heterocycles. The second-order valence-corrected chi connectivity index (χ2v) is 5.12. The number of imide groups is 1. The molecule has 6 nitrogen and oxygen atoms in total. The number of carbonyl (C=O) groups excluding carboxylic acids is 3. The van der Waals surface area contributed by atoms with Crippen molar-refractivity contribution in [3.8, 4) is 0 Å². The van der Waals surface area contributed by atoms with Crippen molar-refractivity contribution in [1.29, 1.82) is 0 Å². The Morgan fingerprint density at radius 2 is 2.11 bits per heavy atom. The van der Waals surface area contributed by atoms with Gasteiger partial charge in [-0.15, -0.1) is 0 Å². The Morgan fingerprint density at radius 1 is 1.32 bits per heavy atom. The molecule has 0 aromatic heterocycles. The fraction of sp³-hybridized carbons (Fsp3) is 0.462. The summed E-state index contributed by atoms with van der Waals surface area (Å²) in [4.78, 5) is 36.8. The summed E-state index contributed by atoms with van der Waals surface area (Å²) in [7, 11) is 0. The molecule has 0 aromatic carbocycles. The summed E-state index contributed by atoms with van der Waals surface area (Å²) in [6, 6.07) is -0.744. The predicted octanol–water partition coefficient (Wildman–Crippen LogP) is -0.926. The average Bonchev–Trinajstić information content (AvgIpc) is 2.69. The Balaban J connectivity index is 1.83. The molecule has 0 spiro atoms. The van der Waals surface area contributed by atoms with Crippen molar-refractivity contribution in [3.05, 3.63) is 23.8 Å². The molecular formula is C13H15N3O3. The number of nitrogens with zero attached hydrogens (tertiary/aromatic N) is 1. The highest BCUT2D eigenvalue weighted by atomic mass is 16.2. The van der Waals surface area contributed by atoms with Gasteiger partial charge in [-0.3, -0.25) is 19.7 Å². The lowest BCUT2D eigenvalue weighted by Crippen LogP contribution is -2.53. The molecule has 0 saturated carbocycles. The van der Waals surface area contributed by atoms with Crippen molar-refractivity contribution in [2.24, 2.45) is 11.7 Å². The van der Waals surface area contributed by atoms with Crippen LogP contribution in [0.5, 0.6) is 0 Å². The minimum Gasteiger partial charge on any atom is -0.326 e. The monoisotopic (exact) mass is 261 g/mol. The average molecular weight is 261 g/mol. The maximum absolute atomic E-state index is 12.3. The molecule has 6 heteroatoms. The molecule has 19 heavy (non-hydrogen) atoms. The van der Waals surface area contributed by atoms with Gasteiger partial charge in [0.2, 0.25) is 11.8 Å². The fourth-order valence-electron chi connectivity index (χ4n) is 2.91. The van der Waals surface area contributed by atoms with Gasteiger partial charge in [0.05, 0.1) is 0 Å². The van der Waals surface area contributed by atoms with Crippen LogP contribution in [0.3, 0.4) is 0 Å². The smallest absolute Gasteiger partial charge is 0.250 e. The van der Waals surface area contributed by atoms with E-state index in [9.17, 15) is 14.4 Å². The molecule has 2 saturated heterocycles. The lowest BCUT2D eigenvalue weighted by Gasteiger charge is -2.29. The molecule has 0 bridgehead atoms. The van der Waals surface area contributed by atoms with Gasteiger partial charge < -0.3 is 10.6 Å². The molecule has 3 atom stereocenters. The fourth-order valence-corrected chi connectivity index (χ4v) is 2.91. The number of fused-ring (bicyclic) bond motifs is 1. The third kappa shape index (κ3) is 1.88. The Morgan fingerprint density at radius 3 is 2.79 bits per heavy atom. The summed E-state index contributed by atoms with van der Waals surface area (Å²) in [5.74, 6) is -0.851. The van der Waals surface area contributed by atoms with Gasteiger partial charge in [0.25, 0.3) is 5.91 Å². The molecule has 2 fully saturated rings. The van der Waals surface area contributed by atoms with E-state index in [2.05, 4.69) is 5.32 Å². The standard InChI is InChI=1S/C13H15N3O3/c14-9-3-1-2-7-8(9)6-16(13(7)19)10-4-5-11(17)15-12(10)18/h1-3,8-10H,4-6,14H2,(H,15,17,18). The van der Waals surface area contributed by atoms with Crippen LogP contribution in [0.4, 0.5) is 0 Å². The van der Waals surface area contributed by atoms with Gasteiger partial charge >= 0.3 is 0 Å². The molecular weight excluding hydrogens is 246 g/mol. The number of piperidine rings is 1. The summed E-state index contributed by atoms with van der Waals surface area (Å²) in [5, 5.41) is 2.28. The summed E-state index contributed by atoms with van der Waals surface area (Å²) >= 11 is 0. The van der Waals surface area contributed by atoms with Crippen LogP contribution in [0.1, 0.15) is 12.8 Å². The van der Waals surface area contributed by atoms with Crippen LogP contribution in [-0.2, 0) is 14.4 Å². The normalized spacial score (nSPS) is 34.2. The Hall–Kier alpha value is -1.95. The van der Waals surface area contributed by atoms with E-state index in [1.165, 1.54) is 0 Å². The zero-order chi connectivity index (χ0) is 13.6. The highest BCUT2D eigenvalue weighted by Crippen LogP contribution is 2.32. The number of carbonyl (C=O) groups is 3. The van der Waals surface area contributed by atoms with Crippen LogP contribution in [-0.4, -0.2) is 41.2 Å². The van der Waals surface area contributed by atoms with Crippen molar-refractivity contribution in [2.45, 2.75) is 24.9 Å². The summed E-state index contributed by atoms with van der Waals surface area (Å²) in [6.07, 6.45) is 6.06. The van der Waals surface area contributed by atoms with Crippen LogP contribution in [0.25, 0.3) is 0 Å². The van der Waals surface area contributed by atoms with E-state index in [0.717, 1.165) is 0 Å². The van der Waals surface area contributed by atoms with Crippen molar-refractivity contribution in [2.75, 3.05) is 6.54 Å². The van der Waals surface area contributed by atoms with Crippen molar-refractivity contribution in [1.82, 2.24) is 10.2 Å². The van der Waals surface area contributed by atoms with Crippen LogP contribution >= 0.6 is 0 Å². The van der Waals surface area contributed by atoms with Gasteiger partial charge in [0.1, 0.15) is 6.04 Å². The minimum absolute atomic E-state index is 0.0528. The largest absolute Gasteiger partial charge is 0.326 e. The van der Waals surface area contributed by atoms with Crippen molar-refractivity contribution >= 4 is 17.7 Å². The molecule has 1 aliphatic carbocycles. The van der Waals surface area contributed by atoms with Crippen LogP contribution < -0.4 is 11.1 Å². The highest BCUT2D eigenvalue weighted by Gasteiger charge is 2.44. The number of rotatable bonds is 1. The predicted molar refractivity (Wildman–Crippen MR) is 66.6 cm³/mol. The maximum Gasteiger partial charge on any atom is 0.250 e. The van der Waals surface area contributed by atoms with Crippen LogP contribution in [0.2, 0.25) is 0 Å². The van der Waals surface area contributed by atoms with Gasteiger partial charge in [0, 0.05) is 30.5 Å². The number of hydrogen-bond acceptors (Lipinski definition) is 4. The Labute approximate surface area is 110 Å². The zero-order valence-electron chi connectivity index (χ0n) is 10.3. The van der Waals surface area contributed by atoms with E-state index in [-0.39, 0.29) is 36.1 Å².